The normalized spacial score (nSPS) is 11.4. The second-order valence-electron chi connectivity index (χ2n) is 4.26. The van der Waals surface area contributed by atoms with Crippen molar-refractivity contribution in [1.82, 2.24) is 4.98 Å². The summed E-state index contributed by atoms with van der Waals surface area (Å²) >= 11 is 1.44. The van der Waals surface area contributed by atoms with Crippen LogP contribution in [0.3, 0.4) is 0 Å². The number of carbonyl (C=O) groups is 1. The highest BCUT2D eigenvalue weighted by molar-refractivity contribution is 7.91. The minimum atomic E-state index is -3.41. The van der Waals surface area contributed by atoms with Crippen LogP contribution in [0.5, 0.6) is 0 Å². The monoisotopic (exact) mass is 311 g/mol. The van der Waals surface area contributed by atoms with Gasteiger partial charge in [-0.05, 0) is 37.6 Å². The number of thiazole rings is 1. The summed E-state index contributed by atoms with van der Waals surface area (Å²) in [6, 6.07) is 5.26. The summed E-state index contributed by atoms with van der Waals surface area (Å²) in [5.41, 5.74) is 2.62. The molecule has 7 heteroatoms. The third kappa shape index (κ3) is 3.23. The zero-order chi connectivity index (χ0) is 14.8. The molecule has 1 aromatic heterocycles. The van der Waals surface area contributed by atoms with E-state index in [1.54, 1.807) is 5.51 Å². The highest BCUT2D eigenvalue weighted by Gasteiger charge is 2.16. The van der Waals surface area contributed by atoms with Crippen molar-refractivity contribution in [2.45, 2.75) is 18.2 Å². The molecule has 1 heterocycles. The molecule has 5 nitrogen and oxygen atoms in total. The first kappa shape index (κ1) is 14.7. The molecule has 1 aromatic carbocycles. The summed E-state index contributed by atoms with van der Waals surface area (Å²) in [7, 11) is -3.41. The van der Waals surface area contributed by atoms with Crippen molar-refractivity contribution in [3.8, 4) is 0 Å². The van der Waals surface area contributed by atoms with Crippen LogP contribution >= 0.6 is 11.3 Å². The quantitative estimate of drug-likeness (QED) is 0.914. The van der Waals surface area contributed by atoms with Gasteiger partial charge in [0.1, 0.15) is 0 Å². The van der Waals surface area contributed by atoms with Crippen molar-refractivity contribution in [2.24, 2.45) is 0 Å². The van der Waals surface area contributed by atoms with Crippen LogP contribution in [-0.2, 0) is 16.3 Å². The molecule has 0 bridgehead atoms. The second kappa shape index (κ2) is 5.72. The van der Waals surface area contributed by atoms with Crippen LogP contribution in [0.15, 0.2) is 34.7 Å². The average Bonchev–Trinajstić information content (AvgIpc) is 2.82. The maximum absolute atomic E-state index is 12.2. The number of rotatable bonds is 5. The van der Waals surface area contributed by atoms with Gasteiger partial charge >= 0.3 is 5.97 Å². The number of aromatic nitrogens is 1. The summed E-state index contributed by atoms with van der Waals surface area (Å²) in [6.45, 7) is 1.85. The molecule has 0 fully saturated rings. The van der Waals surface area contributed by atoms with Crippen LogP contribution in [0.25, 0.3) is 0 Å². The summed E-state index contributed by atoms with van der Waals surface area (Å²) in [6.07, 6.45) is 0.416. The molecule has 0 aliphatic heterocycles. The highest BCUT2D eigenvalue weighted by atomic mass is 32.2. The first-order valence-corrected chi connectivity index (χ1v) is 8.38. The number of hydrogen-bond acceptors (Lipinski definition) is 5. The first-order valence-electron chi connectivity index (χ1n) is 5.85. The van der Waals surface area contributed by atoms with Crippen molar-refractivity contribution in [3.63, 3.8) is 0 Å². The van der Waals surface area contributed by atoms with E-state index >= 15 is 0 Å². The molecule has 0 saturated carbocycles. The van der Waals surface area contributed by atoms with E-state index in [9.17, 15) is 13.2 Å². The number of aromatic carboxylic acids is 1. The first-order chi connectivity index (χ1) is 9.40. The summed E-state index contributed by atoms with van der Waals surface area (Å²) in [4.78, 5) is 15.9. The van der Waals surface area contributed by atoms with Crippen LogP contribution in [0, 0.1) is 6.92 Å². The van der Waals surface area contributed by atoms with Crippen LogP contribution in [0.1, 0.15) is 20.9 Å². The van der Waals surface area contributed by atoms with Gasteiger partial charge in [0.15, 0.2) is 9.84 Å². The Morgan fingerprint density at radius 2 is 1.95 bits per heavy atom. The number of benzene rings is 1. The SMILES string of the molecule is Cc1ncsc1CCS(=O)(=O)c1ccc(C(=O)O)cc1. The van der Waals surface area contributed by atoms with Gasteiger partial charge in [-0.15, -0.1) is 11.3 Å². The molecule has 20 heavy (non-hydrogen) atoms. The average molecular weight is 311 g/mol. The fourth-order valence-corrected chi connectivity index (χ4v) is 3.89. The predicted octanol–water partition coefficient (Wildman–Crippen LogP) is 2.17. The zero-order valence-corrected chi connectivity index (χ0v) is 12.4. The van der Waals surface area contributed by atoms with Crippen molar-refractivity contribution < 1.29 is 18.3 Å². The van der Waals surface area contributed by atoms with Gasteiger partial charge in [0, 0.05) is 4.88 Å². The van der Waals surface area contributed by atoms with Gasteiger partial charge in [0.05, 0.1) is 27.4 Å². The third-order valence-electron chi connectivity index (χ3n) is 2.90. The van der Waals surface area contributed by atoms with Gasteiger partial charge in [0.25, 0.3) is 0 Å². The molecule has 0 saturated heterocycles. The van der Waals surface area contributed by atoms with E-state index < -0.39 is 15.8 Å². The minimum Gasteiger partial charge on any atom is -0.478 e. The van der Waals surface area contributed by atoms with Crippen molar-refractivity contribution in [1.29, 1.82) is 0 Å². The number of carboxylic acid groups (broad SMARTS) is 1. The Balaban J connectivity index is 2.14. The lowest BCUT2D eigenvalue weighted by molar-refractivity contribution is 0.0697. The molecule has 0 radical (unpaired) electrons. The molecule has 2 rings (SSSR count). The van der Waals surface area contributed by atoms with Crippen molar-refractivity contribution >= 4 is 27.1 Å². The largest absolute Gasteiger partial charge is 0.478 e. The molecule has 106 valence electrons. The maximum atomic E-state index is 12.2. The number of hydrogen-bond donors (Lipinski definition) is 1. The lowest BCUT2D eigenvalue weighted by atomic mass is 10.2. The fraction of sp³-hybridized carbons (Fsp3) is 0.231. The van der Waals surface area contributed by atoms with E-state index in [1.807, 2.05) is 6.92 Å². The molecule has 2 aromatic rings. The van der Waals surface area contributed by atoms with E-state index in [1.165, 1.54) is 35.6 Å². The van der Waals surface area contributed by atoms with Gasteiger partial charge in [-0.1, -0.05) is 0 Å². The molecular formula is C13H13NO4S2. The topological polar surface area (TPSA) is 84.3 Å². The van der Waals surface area contributed by atoms with Crippen LogP contribution < -0.4 is 0 Å². The van der Waals surface area contributed by atoms with Crippen molar-refractivity contribution in [2.75, 3.05) is 5.75 Å². The lowest BCUT2D eigenvalue weighted by Crippen LogP contribution is -2.09. The molecule has 0 unspecified atom stereocenters. The molecule has 0 aliphatic carbocycles. The smallest absolute Gasteiger partial charge is 0.335 e. The number of carboxylic acids is 1. The molecular weight excluding hydrogens is 298 g/mol. The van der Waals surface area contributed by atoms with E-state index in [0.29, 0.717) is 6.42 Å². The van der Waals surface area contributed by atoms with Gasteiger partial charge < -0.3 is 5.11 Å². The van der Waals surface area contributed by atoms with E-state index in [-0.39, 0.29) is 16.2 Å². The Bertz CT molecular complexity index is 717. The van der Waals surface area contributed by atoms with E-state index in [0.717, 1.165) is 10.6 Å². The third-order valence-corrected chi connectivity index (χ3v) is 5.63. The molecule has 0 spiro atoms. The van der Waals surface area contributed by atoms with Gasteiger partial charge in [-0.2, -0.15) is 0 Å². The van der Waals surface area contributed by atoms with Gasteiger partial charge in [-0.3, -0.25) is 0 Å². The van der Waals surface area contributed by atoms with E-state index in [2.05, 4.69) is 4.98 Å². The molecule has 0 amide bonds. The number of sulfone groups is 1. The summed E-state index contributed by atoms with van der Waals surface area (Å²) in [5, 5.41) is 8.78. The zero-order valence-electron chi connectivity index (χ0n) is 10.7. The number of aryl methyl sites for hydroxylation is 2. The van der Waals surface area contributed by atoms with Crippen LogP contribution in [-0.4, -0.2) is 30.2 Å². The molecule has 0 atom stereocenters. The maximum Gasteiger partial charge on any atom is 0.335 e. The molecule has 1 N–H and O–H groups in total. The fourth-order valence-electron chi connectivity index (χ4n) is 1.72. The Morgan fingerprint density at radius 3 is 2.45 bits per heavy atom. The number of nitrogens with zero attached hydrogens (tertiary/aromatic N) is 1. The summed E-state index contributed by atoms with van der Waals surface area (Å²) in [5.74, 6) is -1.09. The standard InChI is InChI=1S/C13H13NO4S2/c1-9-12(19-8-14-9)6-7-20(17,18)11-4-2-10(3-5-11)13(15)16/h2-5,8H,6-7H2,1H3,(H,15,16). The molecule has 0 aliphatic rings. The van der Waals surface area contributed by atoms with Gasteiger partial charge in [0.2, 0.25) is 0 Å². The summed E-state index contributed by atoms with van der Waals surface area (Å²) < 4.78 is 24.3. The Kier molecular flexibility index (Phi) is 4.20. The highest BCUT2D eigenvalue weighted by Crippen LogP contribution is 2.17. The minimum absolute atomic E-state index is 0.0115. The second-order valence-corrected chi connectivity index (χ2v) is 7.31. The van der Waals surface area contributed by atoms with E-state index in [4.69, 9.17) is 5.11 Å². The Hall–Kier alpha value is -1.73. The Labute approximate surface area is 120 Å². The van der Waals surface area contributed by atoms with Crippen LogP contribution in [0.4, 0.5) is 0 Å². The lowest BCUT2D eigenvalue weighted by Gasteiger charge is -2.04. The van der Waals surface area contributed by atoms with Crippen molar-refractivity contribution in [3.05, 3.63) is 45.9 Å². The van der Waals surface area contributed by atoms with Crippen LogP contribution in [0.2, 0.25) is 0 Å². The predicted molar refractivity (Wildman–Crippen MR) is 76.0 cm³/mol. The Morgan fingerprint density at radius 1 is 1.30 bits per heavy atom. The van der Waals surface area contributed by atoms with Gasteiger partial charge in [-0.25, -0.2) is 18.2 Å².